The lowest BCUT2D eigenvalue weighted by molar-refractivity contribution is 0.819. The summed E-state index contributed by atoms with van der Waals surface area (Å²) in [7, 11) is 0. The van der Waals surface area contributed by atoms with E-state index in [1.54, 1.807) is 11.3 Å². The number of imidazole rings is 1. The van der Waals surface area contributed by atoms with E-state index in [1.165, 1.54) is 10.4 Å². The molecule has 0 amide bonds. The molecule has 0 unspecified atom stereocenters. The average molecular weight is 329 g/mol. The highest BCUT2D eigenvalue weighted by molar-refractivity contribution is 7.71. The fourth-order valence-electron chi connectivity index (χ4n) is 2.02. The first-order valence-electron chi connectivity index (χ1n) is 5.67. The molecule has 6 heteroatoms. The van der Waals surface area contributed by atoms with E-state index in [-0.39, 0.29) is 0 Å². The summed E-state index contributed by atoms with van der Waals surface area (Å²) in [5.74, 6) is 0. The molecule has 0 aliphatic carbocycles. The fourth-order valence-corrected chi connectivity index (χ4v) is 3.51. The molecule has 2 aromatic heterocycles. The number of hydrogen-bond acceptors (Lipinski definition) is 2. The summed E-state index contributed by atoms with van der Waals surface area (Å²) < 4.78 is 2.73. The third kappa shape index (κ3) is 2.34. The maximum absolute atomic E-state index is 6.09. The Bertz CT molecular complexity index is 814. The summed E-state index contributed by atoms with van der Waals surface area (Å²) >= 11 is 19.2. The van der Waals surface area contributed by atoms with Gasteiger partial charge in [0.05, 0.1) is 27.6 Å². The van der Waals surface area contributed by atoms with Crippen molar-refractivity contribution in [1.82, 2.24) is 9.55 Å². The van der Waals surface area contributed by atoms with Gasteiger partial charge in [0.2, 0.25) is 0 Å². The van der Waals surface area contributed by atoms with Crippen molar-refractivity contribution in [2.45, 2.75) is 13.5 Å². The number of nitrogens with zero attached hydrogens (tertiary/aromatic N) is 1. The van der Waals surface area contributed by atoms with Crippen molar-refractivity contribution in [2.75, 3.05) is 0 Å². The van der Waals surface area contributed by atoms with Crippen molar-refractivity contribution in [1.29, 1.82) is 0 Å². The number of aryl methyl sites for hydroxylation is 1. The number of H-pyrrole nitrogens is 1. The van der Waals surface area contributed by atoms with E-state index in [1.807, 2.05) is 16.7 Å². The minimum atomic E-state index is 0.532. The Kier molecular flexibility index (Phi) is 3.43. The molecule has 2 nitrogen and oxygen atoms in total. The van der Waals surface area contributed by atoms with Gasteiger partial charge in [-0.05, 0) is 48.3 Å². The predicted molar refractivity (Wildman–Crippen MR) is 85.3 cm³/mol. The second-order valence-electron chi connectivity index (χ2n) is 4.33. The van der Waals surface area contributed by atoms with Crippen molar-refractivity contribution in [2.24, 2.45) is 0 Å². The van der Waals surface area contributed by atoms with E-state index in [0.29, 0.717) is 14.8 Å². The van der Waals surface area contributed by atoms with Gasteiger partial charge in [0.15, 0.2) is 4.77 Å². The number of fused-ring (bicyclic) bond motifs is 1. The second-order valence-corrected chi connectivity index (χ2v) is 6.53. The third-order valence-electron chi connectivity index (χ3n) is 3.09. The quantitative estimate of drug-likeness (QED) is 0.622. The molecule has 0 radical (unpaired) electrons. The first kappa shape index (κ1) is 13.2. The Morgan fingerprint density at radius 2 is 2.05 bits per heavy atom. The Balaban J connectivity index is 2.18. The average Bonchev–Trinajstić information content (AvgIpc) is 2.88. The minimum Gasteiger partial charge on any atom is -0.331 e. The van der Waals surface area contributed by atoms with Gasteiger partial charge in [-0.1, -0.05) is 23.2 Å². The van der Waals surface area contributed by atoms with Crippen LogP contribution >= 0.6 is 46.8 Å². The first-order valence-corrected chi connectivity index (χ1v) is 7.71. The lowest BCUT2D eigenvalue weighted by Crippen LogP contribution is -1.98. The summed E-state index contributed by atoms with van der Waals surface area (Å²) in [6.07, 6.45) is 0. The van der Waals surface area contributed by atoms with Crippen LogP contribution in [0.15, 0.2) is 23.6 Å². The van der Waals surface area contributed by atoms with Crippen LogP contribution in [-0.2, 0) is 6.54 Å². The lowest BCUT2D eigenvalue weighted by Gasteiger charge is -2.04. The van der Waals surface area contributed by atoms with Crippen molar-refractivity contribution >= 4 is 57.8 Å². The molecule has 0 spiro atoms. The molecule has 0 atom stereocenters. The predicted octanol–water partition coefficient (Wildman–Crippen LogP) is 5.42. The van der Waals surface area contributed by atoms with Crippen LogP contribution in [0.2, 0.25) is 10.0 Å². The molecule has 3 rings (SSSR count). The fraction of sp³-hybridized carbons (Fsp3) is 0.154. The van der Waals surface area contributed by atoms with E-state index in [2.05, 4.69) is 23.4 Å². The van der Waals surface area contributed by atoms with E-state index in [0.717, 1.165) is 17.6 Å². The summed E-state index contributed by atoms with van der Waals surface area (Å²) in [5.41, 5.74) is 3.17. The molecule has 0 fully saturated rings. The molecular formula is C13H10Cl2N2S2. The summed E-state index contributed by atoms with van der Waals surface area (Å²) in [4.78, 5) is 4.46. The minimum absolute atomic E-state index is 0.532. The van der Waals surface area contributed by atoms with Gasteiger partial charge in [0.25, 0.3) is 0 Å². The van der Waals surface area contributed by atoms with E-state index in [9.17, 15) is 0 Å². The molecule has 0 saturated carbocycles. The van der Waals surface area contributed by atoms with Crippen LogP contribution in [0, 0.1) is 11.7 Å². The van der Waals surface area contributed by atoms with Gasteiger partial charge in [-0.3, -0.25) is 0 Å². The highest BCUT2D eigenvalue weighted by atomic mass is 35.5. The highest BCUT2D eigenvalue weighted by Crippen LogP contribution is 2.28. The molecule has 0 bridgehead atoms. The SMILES string of the molecule is Cc1ccsc1Cn1c(=S)[nH]c2cc(Cl)c(Cl)cc21. The lowest BCUT2D eigenvalue weighted by atomic mass is 10.3. The van der Waals surface area contributed by atoms with Crippen LogP contribution in [0.5, 0.6) is 0 Å². The highest BCUT2D eigenvalue weighted by Gasteiger charge is 2.10. The molecule has 0 aliphatic heterocycles. The Morgan fingerprint density at radius 3 is 2.74 bits per heavy atom. The maximum atomic E-state index is 6.09. The Labute approximate surface area is 129 Å². The molecule has 1 aromatic carbocycles. The molecule has 1 N–H and O–H groups in total. The van der Waals surface area contributed by atoms with Crippen LogP contribution in [0.1, 0.15) is 10.4 Å². The topological polar surface area (TPSA) is 20.7 Å². The standard InChI is InChI=1S/C13H10Cl2N2S2/c1-7-2-3-19-12(7)6-17-11-5-9(15)8(14)4-10(11)16-13(17)18/h2-5H,6H2,1H3,(H,16,18). The molecular weight excluding hydrogens is 319 g/mol. The van der Waals surface area contributed by atoms with Crippen LogP contribution in [0.3, 0.4) is 0 Å². The van der Waals surface area contributed by atoms with Crippen molar-refractivity contribution in [3.05, 3.63) is 48.8 Å². The zero-order chi connectivity index (χ0) is 13.6. The van der Waals surface area contributed by atoms with Gasteiger partial charge < -0.3 is 9.55 Å². The number of thiophene rings is 1. The van der Waals surface area contributed by atoms with Crippen LogP contribution in [-0.4, -0.2) is 9.55 Å². The normalized spacial score (nSPS) is 11.3. The van der Waals surface area contributed by atoms with E-state index >= 15 is 0 Å². The zero-order valence-electron chi connectivity index (χ0n) is 10.0. The number of aromatic amines is 1. The number of halogens is 2. The third-order valence-corrected chi connectivity index (χ3v) is 5.14. The molecule has 98 valence electrons. The van der Waals surface area contributed by atoms with E-state index in [4.69, 9.17) is 35.4 Å². The van der Waals surface area contributed by atoms with Gasteiger partial charge in [-0.15, -0.1) is 11.3 Å². The summed E-state index contributed by atoms with van der Waals surface area (Å²) in [6, 6.07) is 5.78. The van der Waals surface area contributed by atoms with Crippen molar-refractivity contribution < 1.29 is 0 Å². The van der Waals surface area contributed by atoms with Crippen LogP contribution in [0.4, 0.5) is 0 Å². The monoisotopic (exact) mass is 328 g/mol. The molecule has 0 saturated heterocycles. The molecule has 3 aromatic rings. The van der Waals surface area contributed by atoms with Gasteiger partial charge in [0.1, 0.15) is 0 Å². The van der Waals surface area contributed by atoms with E-state index < -0.39 is 0 Å². The zero-order valence-corrected chi connectivity index (χ0v) is 13.2. The van der Waals surface area contributed by atoms with Crippen LogP contribution in [0.25, 0.3) is 11.0 Å². The number of aromatic nitrogens is 2. The van der Waals surface area contributed by atoms with Gasteiger partial charge in [-0.25, -0.2) is 0 Å². The maximum Gasteiger partial charge on any atom is 0.178 e. The Morgan fingerprint density at radius 1 is 1.32 bits per heavy atom. The van der Waals surface area contributed by atoms with Crippen molar-refractivity contribution in [3.8, 4) is 0 Å². The second kappa shape index (κ2) is 4.94. The largest absolute Gasteiger partial charge is 0.331 e. The molecule has 19 heavy (non-hydrogen) atoms. The molecule has 0 aliphatic rings. The summed E-state index contributed by atoms with van der Waals surface area (Å²) in [6.45, 7) is 2.86. The number of nitrogens with one attached hydrogen (secondary N) is 1. The summed E-state index contributed by atoms with van der Waals surface area (Å²) in [5, 5.41) is 3.16. The van der Waals surface area contributed by atoms with Gasteiger partial charge in [0, 0.05) is 4.88 Å². The first-order chi connectivity index (χ1) is 9.06. The van der Waals surface area contributed by atoms with Crippen LogP contribution < -0.4 is 0 Å². The van der Waals surface area contributed by atoms with Gasteiger partial charge >= 0.3 is 0 Å². The molecule has 2 heterocycles. The van der Waals surface area contributed by atoms with Gasteiger partial charge in [-0.2, -0.15) is 0 Å². The smallest absolute Gasteiger partial charge is 0.178 e. The van der Waals surface area contributed by atoms with Crippen molar-refractivity contribution in [3.63, 3.8) is 0 Å². The number of hydrogen-bond donors (Lipinski definition) is 1. The Hall–Kier alpha value is -0.810. The number of benzene rings is 1. The number of rotatable bonds is 2.